The van der Waals surface area contributed by atoms with Crippen LogP contribution < -0.4 is 5.32 Å². The summed E-state index contributed by atoms with van der Waals surface area (Å²) in [7, 11) is 0. The monoisotopic (exact) mass is 429 g/mol. The van der Waals surface area contributed by atoms with Crippen LogP contribution in [0.25, 0.3) is 0 Å². The number of Topliss-reactive ketones (excluding diaryl/α,β-unsaturated/α-hetero) is 1. The Hall–Kier alpha value is -0.450. The fourth-order valence-corrected chi connectivity index (χ4v) is 9.94. The van der Waals surface area contributed by atoms with Gasteiger partial charge in [0.05, 0.1) is 18.3 Å². The van der Waals surface area contributed by atoms with Gasteiger partial charge in [-0.15, -0.1) is 0 Å². The van der Waals surface area contributed by atoms with Crippen LogP contribution in [-0.2, 0) is 9.53 Å². The summed E-state index contributed by atoms with van der Waals surface area (Å²) in [5.74, 6) is 5.17. The Labute approximate surface area is 188 Å². The molecule has 0 radical (unpaired) electrons. The summed E-state index contributed by atoms with van der Waals surface area (Å²) in [6, 6.07) is 0.631. The number of ketones is 1. The van der Waals surface area contributed by atoms with Crippen molar-refractivity contribution in [2.45, 2.75) is 96.3 Å². The minimum atomic E-state index is -0.270. The van der Waals surface area contributed by atoms with Crippen LogP contribution in [-0.4, -0.2) is 41.8 Å². The number of hydrogen-bond donors (Lipinski definition) is 2. The van der Waals surface area contributed by atoms with E-state index in [4.69, 9.17) is 4.74 Å². The third kappa shape index (κ3) is 2.99. The van der Waals surface area contributed by atoms with E-state index in [0.717, 1.165) is 38.3 Å². The number of carbonyl (C=O) groups is 1. The molecule has 0 aromatic carbocycles. The van der Waals surface area contributed by atoms with Crippen LogP contribution in [0.1, 0.15) is 78.6 Å². The summed E-state index contributed by atoms with van der Waals surface area (Å²) < 4.78 is 6.81. The van der Waals surface area contributed by atoms with Gasteiger partial charge in [-0.1, -0.05) is 13.8 Å². The average molecular weight is 430 g/mol. The van der Waals surface area contributed by atoms with E-state index in [1.807, 2.05) is 0 Å². The number of piperidine rings is 1. The van der Waals surface area contributed by atoms with Crippen molar-refractivity contribution in [1.29, 1.82) is 0 Å². The van der Waals surface area contributed by atoms with Crippen molar-refractivity contribution in [2.75, 3.05) is 13.2 Å². The normalized spacial score (nSPS) is 58.9. The maximum atomic E-state index is 13.2. The highest BCUT2D eigenvalue weighted by Gasteiger charge is 2.66. The molecule has 0 bridgehead atoms. The first kappa shape index (κ1) is 21.1. The van der Waals surface area contributed by atoms with Gasteiger partial charge in [0, 0.05) is 24.3 Å². The number of carbonyl (C=O) groups excluding carboxylic acids is 1. The number of hydrogen-bond acceptors (Lipinski definition) is 4. The summed E-state index contributed by atoms with van der Waals surface area (Å²) >= 11 is 0. The zero-order valence-corrected chi connectivity index (χ0v) is 19.8. The first-order valence-corrected chi connectivity index (χ1v) is 13.4. The largest absolute Gasteiger partial charge is 0.393 e. The fourth-order valence-electron chi connectivity index (χ4n) is 9.94. The topological polar surface area (TPSA) is 58.6 Å². The second kappa shape index (κ2) is 7.27. The van der Waals surface area contributed by atoms with Crippen LogP contribution in [0.15, 0.2) is 0 Å². The van der Waals surface area contributed by atoms with Crippen LogP contribution in [0.5, 0.6) is 0 Å². The summed E-state index contributed by atoms with van der Waals surface area (Å²) in [5, 5.41) is 14.2. The smallest absolute Gasteiger partial charge is 0.136 e. The van der Waals surface area contributed by atoms with Crippen LogP contribution >= 0.6 is 0 Å². The van der Waals surface area contributed by atoms with Gasteiger partial charge in [-0.25, -0.2) is 0 Å². The molecule has 2 heterocycles. The molecule has 4 nitrogen and oxygen atoms in total. The maximum absolute atomic E-state index is 13.2. The molecular formula is C27H43NO3. The lowest BCUT2D eigenvalue weighted by atomic mass is 9.51. The third-order valence-corrected chi connectivity index (χ3v) is 11.7. The predicted molar refractivity (Wildman–Crippen MR) is 120 cm³/mol. The Bertz CT molecular complexity index is 732. The lowest BCUT2D eigenvalue weighted by Gasteiger charge is -2.52. The molecule has 6 fully saturated rings. The molecule has 174 valence electrons. The van der Waals surface area contributed by atoms with Gasteiger partial charge >= 0.3 is 0 Å². The van der Waals surface area contributed by atoms with Crippen LogP contribution in [0, 0.1) is 52.8 Å². The first-order valence-electron chi connectivity index (χ1n) is 13.4. The molecule has 31 heavy (non-hydrogen) atoms. The molecular weight excluding hydrogens is 386 g/mol. The van der Waals surface area contributed by atoms with Crippen molar-refractivity contribution < 1.29 is 14.6 Å². The van der Waals surface area contributed by atoms with Gasteiger partial charge in [-0.2, -0.15) is 0 Å². The average Bonchev–Trinajstić information content (AvgIpc) is 3.29. The van der Waals surface area contributed by atoms with Gasteiger partial charge in [-0.3, -0.25) is 4.79 Å². The molecule has 6 rings (SSSR count). The Morgan fingerprint density at radius 1 is 0.968 bits per heavy atom. The van der Waals surface area contributed by atoms with Crippen LogP contribution in [0.3, 0.4) is 0 Å². The number of fused-ring (bicyclic) bond motifs is 7. The van der Waals surface area contributed by atoms with E-state index in [1.54, 1.807) is 0 Å². The van der Waals surface area contributed by atoms with Gasteiger partial charge in [0.1, 0.15) is 5.78 Å². The van der Waals surface area contributed by atoms with E-state index < -0.39 is 0 Å². The van der Waals surface area contributed by atoms with Gasteiger partial charge in [-0.05, 0) is 106 Å². The van der Waals surface area contributed by atoms with Crippen molar-refractivity contribution in [3.8, 4) is 0 Å². The van der Waals surface area contributed by atoms with Crippen LogP contribution in [0.2, 0.25) is 0 Å². The highest BCUT2D eigenvalue weighted by atomic mass is 16.5. The Kier molecular flexibility index (Phi) is 4.95. The van der Waals surface area contributed by atoms with Crippen molar-refractivity contribution >= 4 is 5.78 Å². The molecule has 2 aliphatic heterocycles. The minimum absolute atomic E-state index is 0.00124. The van der Waals surface area contributed by atoms with E-state index in [2.05, 4.69) is 26.1 Å². The first-order chi connectivity index (χ1) is 14.8. The zero-order chi connectivity index (χ0) is 21.5. The number of aliphatic hydroxyl groups is 1. The molecule has 0 amide bonds. The zero-order valence-electron chi connectivity index (χ0n) is 19.8. The van der Waals surface area contributed by atoms with Gasteiger partial charge < -0.3 is 15.2 Å². The highest BCUT2D eigenvalue weighted by Crippen LogP contribution is 2.67. The second-order valence-corrected chi connectivity index (χ2v) is 13.0. The molecule has 4 heteroatoms. The molecule has 6 aliphatic rings. The van der Waals surface area contributed by atoms with Crippen molar-refractivity contribution in [1.82, 2.24) is 5.32 Å². The molecule has 12 atom stereocenters. The highest BCUT2D eigenvalue weighted by molar-refractivity contribution is 5.83. The quantitative estimate of drug-likeness (QED) is 0.656. The molecule has 2 saturated heterocycles. The summed E-state index contributed by atoms with van der Waals surface area (Å²) in [4.78, 5) is 13.2. The fraction of sp³-hybridized carbons (Fsp3) is 0.963. The molecule has 1 unspecified atom stereocenters. The van der Waals surface area contributed by atoms with Crippen molar-refractivity contribution in [2.24, 2.45) is 52.8 Å². The predicted octanol–water partition coefficient (Wildman–Crippen LogP) is 4.20. The molecule has 2 N–H and O–H groups in total. The second-order valence-electron chi connectivity index (χ2n) is 13.0. The standard InChI is InChI=1S/C27H43NO3/c1-15-4-7-24(28-13-15)19-14-31-27(3)20(19)6-5-17-18-11-25(30)23-10-16(29)8-9-26(23,2)21(18)12-22(17)27/h15-24,28-29H,4-14H2,1-3H3/t15-,16-,17-,18-,19-,20+,21-,22?,23+,24+,26+,27+/m0/s1. The molecule has 4 saturated carbocycles. The number of ether oxygens (including phenoxy) is 1. The Morgan fingerprint density at radius 2 is 1.81 bits per heavy atom. The molecule has 0 aromatic heterocycles. The molecule has 0 spiro atoms. The Morgan fingerprint density at radius 3 is 2.58 bits per heavy atom. The maximum Gasteiger partial charge on any atom is 0.136 e. The van der Waals surface area contributed by atoms with Gasteiger partial charge in [0.15, 0.2) is 0 Å². The molecule has 4 aliphatic carbocycles. The SMILES string of the molecule is C[C@H]1CC[C@H]([C@H]2CO[C@@]3(C)C4C[C@H]5[C@@H](CC(=O)[C@H]6C[C@@H](O)CC[C@@]65C)[C@@H]4CC[C@H]23)NC1. The van der Waals surface area contributed by atoms with Gasteiger partial charge in [0.25, 0.3) is 0 Å². The number of nitrogens with one attached hydrogen (secondary N) is 1. The van der Waals surface area contributed by atoms with E-state index in [0.29, 0.717) is 53.8 Å². The van der Waals surface area contributed by atoms with E-state index in [1.165, 1.54) is 32.1 Å². The van der Waals surface area contributed by atoms with Crippen LogP contribution in [0.4, 0.5) is 0 Å². The molecule has 0 aromatic rings. The summed E-state index contributed by atoms with van der Waals surface area (Å²) in [6.07, 6.45) is 9.59. The summed E-state index contributed by atoms with van der Waals surface area (Å²) in [5.41, 5.74) is 0.0975. The lowest BCUT2D eigenvalue weighted by Crippen LogP contribution is -2.52. The van der Waals surface area contributed by atoms with Gasteiger partial charge in [0.2, 0.25) is 0 Å². The third-order valence-electron chi connectivity index (χ3n) is 11.7. The number of aliphatic hydroxyl groups excluding tert-OH is 1. The van der Waals surface area contributed by atoms with Crippen molar-refractivity contribution in [3.63, 3.8) is 0 Å². The van der Waals surface area contributed by atoms with E-state index >= 15 is 0 Å². The summed E-state index contributed by atoms with van der Waals surface area (Å²) in [6.45, 7) is 9.30. The van der Waals surface area contributed by atoms with E-state index in [9.17, 15) is 9.90 Å². The number of rotatable bonds is 1. The van der Waals surface area contributed by atoms with Crippen molar-refractivity contribution in [3.05, 3.63) is 0 Å². The Balaban J connectivity index is 1.26. The van der Waals surface area contributed by atoms with E-state index in [-0.39, 0.29) is 23.0 Å². The lowest BCUT2D eigenvalue weighted by molar-refractivity contribution is -0.145. The minimum Gasteiger partial charge on any atom is -0.393 e.